The maximum Gasteiger partial charge on any atom is 0.330 e. The van der Waals surface area contributed by atoms with Crippen molar-refractivity contribution < 1.29 is 24.0 Å². The number of rotatable bonds is 6. The number of carboxylic acids is 1. The lowest BCUT2D eigenvalue weighted by molar-refractivity contribution is -0.190. The molecule has 0 spiro atoms. The van der Waals surface area contributed by atoms with Gasteiger partial charge in [0.05, 0.1) is 6.10 Å². The SMILES string of the molecule is CCOC1CC(NC(=O)c2cc(-c3ccccc3)no2)(C(=O)O)C1(C)C. The van der Waals surface area contributed by atoms with Crippen molar-refractivity contribution in [2.75, 3.05) is 6.61 Å². The van der Waals surface area contributed by atoms with Gasteiger partial charge in [0.2, 0.25) is 5.76 Å². The number of nitrogens with zero attached hydrogens (tertiary/aromatic N) is 1. The molecule has 1 aromatic carbocycles. The van der Waals surface area contributed by atoms with Crippen LogP contribution in [0.5, 0.6) is 0 Å². The van der Waals surface area contributed by atoms with Gasteiger partial charge in [-0.3, -0.25) is 4.79 Å². The Morgan fingerprint density at radius 1 is 1.35 bits per heavy atom. The monoisotopic (exact) mass is 358 g/mol. The first-order valence-electron chi connectivity index (χ1n) is 8.51. The molecule has 138 valence electrons. The van der Waals surface area contributed by atoms with Gasteiger partial charge in [-0.2, -0.15) is 0 Å². The molecular weight excluding hydrogens is 336 g/mol. The summed E-state index contributed by atoms with van der Waals surface area (Å²) in [6.07, 6.45) is -0.0345. The Kier molecular flexibility index (Phi) is 4.58. The van der Waals surface area contributed by atoms with E-state index in [9.17, 15) is 14.7 Å². The zero-order valence-electron chi connectivity index (χ0n) is 15.0. The largest absolute Gasteiger partial charge is 0.479 e. The van der Waals surface area contributed by atoms with Crippen LogP contribution >= 0.6 is 0 Å². The van der Waals surface area contributed by atoms with Gasteiger partial charge in [0.25, 0.3) is 5.91 Å². The van der Waals surface area contributed by atoms with Gasteiger partial charge in [0, 0.05) is 30.1 Å². The summed E-state index contributed by atoms with van der Waals surface area (Å²) in [5.74, 6) is -1.72. The molecule has 2 aromatic rings. The van der Waals surface area contributed by atoms with Gasteiger partial charge in [-0.15, -0.1) is 0 Å². The van der Waals surface area contributed by atoms with Gasteiger partial charge in [-0.25, -0.2) is 4.79 Å². The highest BCUT2D eigenvalue weighted by molar-refractivity contribution is 5.97. The lowest BCUT2D eigenvalue weighted by Crippen LogP contribution is -2.76. The van der Waals surface area contributed by atoms with E-state index >= 15 is 0 Å². The predicted octanol–water partition coefficient (Wildman–Crippen LogP) is 2.73. The Labute approximate surface area is 151 Å². The number of carbonyl (C=O) groups excluding carboxylic acids is 1. The van der Waals surface area contributed by atoms with Crippen molar-refractivity contribution in [1.29, 1.82) is 0 Å². The molecule has 0 aliphatic heterocycles. The molecule has 2 atom stereocenters. The number of hydrogen-bond acceptors (Lipinski definition) is 5. The smallest absolute Gasteiger partial charge is 0.330 e. The summed E-state index contributed by atoms with van der Waals surface area (Å²) in [7, 11) is 0. The first-order valence-corrected chi connectivity index (χ1v) is 8.51. The zero-order chi connectivity index (χ0) is 18.9. The van der Waals surface area contributed by atoms with Crippen LogP contribution in [0.2, 0.25) is 0 Å². The van der Waals surface area contributed by atoms with Gasteiger partial charge >= 0.3 is 5.97 Å². The molecule has 1 amide bonds. The van der Waals surface area contributed by atoms with E-state index in [0.717, 1.165) is 5.56 Å². The van der Waals surface area contributed by atoms with E-state index in [1.54, 1.807) is 13.8 Å². The minimum atomic E-state index is -1.41. The summed E-state index contributed by atoms with van der Waals surface area (Å²) in [5.41, 5.74) is -0.847. The molecule has 1 saturated carbocycles. The molecule has 1 aliphatic rings. The van der Waals surface area contributed by atoms with Crippen LogP contribution in [-0.4, -0.2) is 40.4 Å². The van der Waals surface area contributed by atoms with Crippen LogP contribution in [0.25, 0.3) is 11.3 Å². The van der Waals surface area contributed by atoms with E-state index in [4.69, 9.17) is 9.26 Å². The third kappa shape index (κ3) is 2.78. The number of carbonyl (C=O) groups is 2. The van der Waals surface area contributed by atoms with Gasteiger partial charge < -0.3 is 19.7 Å². The van der Waals surface area contributed by atoms with Crippen molar-refractivity contribution in [3.05, 3.63) is 42.2 Å². The van der Waals surface area contributed by atoms with Crippen LogP contribution < -0.4 is 5.32 Å². The van der Waals surface area contributed by atoms with E-state index in [2.05, 4.69) is 10.5 Å². The molecule has 1 aliphatic carbocycles. The van der Waals surface area contributed by atoms with E-state index in [1.807, 2.05) is 37.3 Å². The molecule has 7 heteroatoms. The van der Waals surface area contributed by atoms with Crippen molar-refractivity contribution in [2.45, 2.75) is 38.8 Å². The molecule has 1 aromatic heterocycles. The molecule has 0 radical (unpaired) electrons. The summed E-state index contributed by atoms with van der Waals surface area (Å²) < 4.78 is 10.7. The van der Waals surface area contributed by atoms with Gasteiger partial charge in [0.15, 0.2) is 0 Å². The molecule has 3 rings (SSSR count). The summed E-state index contributed by atoms with van der Waals surface area (Å²) in [5, 5.41) is 16.3. The number of hydrogen-bond donors (Lipinski definition) is 2. The fourth-order valence-corrected chi connectivity index (χ4v) is 3.42. The molecule has 26 heavy (non-hydrogen) atoms. The normalized spacial score (nSPS) is 23.9. The Balaban J connectivity index is 1.80. The predicted molar refractivity (Wildman–Crippen MR) is 93.6 cm³/mol. The average Bonchev–Trinajstić information content (AvgIpc) is 3.11. The Morgan fingerprint density at radius 2 is 2.04 bits per heavy atom. The Hall–Kier alpha value is -2.67. The van der Waals surface area contributed by atoms with Crippen molar-refractivity contribution in [2.24, 2.45) is 5.41 Å². The van der Waals surface area contributed by atoms with Crippen molar-refractivity contribution in [1.82, 2.24) is 10.5 Å². The van der Waals surface area contributed by atoms with Crippen LogP contribution in [-0.2, 0) is 9.53 Å². The molecule has 1 heterocycles. The summed E-state index contributed by atoms with van der Waals surface area (Å²) >= 11 is 0. The van der Waals surface area contributed by atoms with E-state index < -0.39 is 22.8 Å². The maximum absolute atomic E-state index is 12.6. The fraction of sp³-hybridized carbons (Fsp3) is 0.421. The summed E-state index contributed by atoms with van der Waals surface area (Å²) in [6.45, 7) is 5.90. The second kappa shape index (κ2) is 6.57. The number of amides is 1. The lowest BCUT2D eigenvalue weighted by Gasteiger charge is -2.58. The maximum atomic E-state index is 12.6. The third-order valence-electron chi connectivity index (χ3n) is 5.26. The van der Waals surface area contributed by atoms with E-state index in [-0.39, 0.29) is 18.3 Å². The highest BCUT2D eigenvalue weighted by Crippen LogP contribution is 2.51. The van der Waals surface area contributed by atoms with Crippen molar-refractivity contribution in [3.63, 3.8) is 0 Å². The first-order chi connectivity index (χ1) is 12.3. The van der Waals surface area contributed by atoms with Gasteiger partial charge in [-0.05, 0) is 6.92 Å². The van der Waals surface area contributed by atoms with Gasteiger partial charge in [0.1, 0.15) is 11.2 Å². The summed E-state index contributed by atoms with van der Waals surface area (Å²) in [6, 6.07) is 10.8. The third-order valence-corrected chi connectivity index (χ3v) is 5.26. The highest BCUT2D eigenvalue weighted by Gasteiger charge is 2.66. The quantitative estimate of drug-likeness (QED) is 0.823. The number of ether oxygens (including phenoxy) is 1. The molecular formula is C19H22N2O5. The van der Waals surface area contributed by atoms with E-state index in [0.29, 0.717) is 12.3 Å². The molecule has 0 bridgehead atoms. The Morgan fingerprint density at radius 3 is 2.62 bits per heavy atom. The molecule has 2 N–H and O–H groups in total. The van der Waals surface area contributed by atoms with Crippen molar-refractivity contribution in [3.8, 4) is 11.3 Å². The minimum absolute atomic E-state index is 0.0277. The van der Waals surface area contributed by atoms with Crippen LogP contribution in [0.1, 0.15) is 37.7 Å². The second-order valence-corrected chi connectivity index (χ2v) is 6.98. The molecule has 1 fully saturated rings. The van der Waals surface area contributed by atoms with Crippen LogP contribution in [0.4, 0.5) is 0 Å². The number of nitrogens with one attached hydrogen (secondary N) is 1. The van der Waals surface area contributed by atoms with Crippen LogP contribution in [0, 0.1) is 5.41 Å². The highest BCUT2D eigenvalue weighted by atomic mass is 16.5. The van der Waals surface area contributed by atoms with Crippen molar-refractivity contribution >= 4 is 11.9 Å². The summed E-state index contributed by atoms with van der Waals surface area (Å²) in [4.78, 5) is 24.6. The second-order valence-electron chi connectivity index (χ2n) is 6.98. The topological polar surface area (TPSA) is 102 Å². The van der Waals surface area contributed by atoms with Crippen LogP contribution in [0.15, 0.2) is 40.9 Å². The lowest BCUT2D eigenvalue weighted by atomic mass is 9.54. The first kappa shape index (κ1) is 18.1. The Bertz CT molecular complexity index is 814. The number of aliphatic carboxylic acids is 1. The average molecular weight is 358 g/mol. The molecule has 0 saturated heterocycles. The molecule has 7 nitrogen and oxygen atoms in total. The molecule has 2 unspecified atom stereocenters. The minimum Gasteiger partial charge on any atom is -0.479 e. The van der Waals surface area contributed by atoms with Crippen LogP contribution in [0.3, 0.4) is 0 Å². The number of aromatic nitrogens is 1. The zero-order valence-corrected chi connectivity index (χ0v) is 15.0. The fourth-order valence-electron chi connectivity index (χ4n) is 3.42. The number of benzene rings is 1. The number of carboxylic acid groups (broad SMARTS) is 1. The van der Waals surface area contributed by atoms with Gasteiger partial charge in [-0.1, -0.05) is 49.3 Å². The van der Waals surface area contributed by atoms with E-state index in [1.165, 1.54) is 6.07 Å². The standard InChI is InChI=1S/C19H22N2O5/c1-4-25-15-11-19(17(23)24,18(15,2)3)20-16(22)14-10-13(21-26-14)12-8-6-5-7-9-12/h5-10,15H,4,11H2,1-3H3,(H,20,22)(H,23,24).